The number of nitrogens with zero attached hydrogens (tertiary/aromatic N) is 2. The summed E-state index contributed by atoms with van der Waals surface area (Å²) in [5.74, 6) is -0.739. The number of amides is 1. The van der Waals surface area contributed by atoms with Crippen molar-refractivity contribution in [2.24, 2.45) is 5.41 Å². The van der Waals surface area contributed by atoms with Crippen molar-refractivity contribution in [3.8, 4) is 0 Å². The molecule has 0 aromatic carbocycles. The van der Waals surface area contributed by atoms with Crippen molar-refractivity contribution >= 4 is 11.9 Å². The first-order valence-corrected chi connectivity index (χ1v) is 8.55. The van der Waals surface area contributed by atoms with E-state index in [-0.39, 0.29) is 5.91 Å². The van der Waals surface area contributed by atoms with E-state index in [0.717, 1.165) is 30.4 Å². The van der Waals surface area contributed by atoms with Gasteiger partial charge in [0.1, 0.15) is 0 Å². The molecule has 6 nitrogen and oxygen atoms in total. The quantitative estimate of drug-likeness (QED) is 0.751. The standard InChI is InChI=1S/C18H27N3O3/c1-14(2)7-9-18(17(23)24)8-4-10-21(13-18)16(22)6-3-5-15-11-19-20-12-15/h7,11-12H,3-6,8-10,13H2,1-2H3,(H,19,20)(H,23,24)/t18-/m0/s1. The fourth-order valence-electron chi connectivity index (χ4n) is 3.19. The van der Waals surface area contributed by atoms with Gasteiger partial charge < -0.3 is 10.0 Å². The molecule has 0 saturated carbocycles. The number of rotatable bonds is 7. The molecule has 0 bridgehead atoms. The predicted molar refractivity (Wildman–Crippen MR) is 91.5 cm³/mol. The third kappa shape index (κ3) is 4.69. The van der Waals surface area contributed by atoms with Crippen LogP contribution in [0.5, 0.6) is 0 Å². The summed E-state index contributed by atoms with van der Waals surface area (Å²) in [6.45, 7) is 4.92. The van der Waals surface area contributed by atoms with Gasteiger partial charge in [0, 0.05) is 25.7 Å². The van der Waals surface area contributed by atoms with Crippen LogP contribution in [0.2, 0.25) is 0 Å². The van der Waals surface area contributed by atoms with Gasteiger partial charge in [-0.15, -0.1) is 0 Å². The van der Waals surface area contributed by atoms with Crippen LogP contribution in [0.15, 0.2) is 24.0 Å². The fourth-order valence-corrected chi connectivity index (χ4v) is 3.19. The molecule has 1 fully saturated rings. The Balaban J connectivity index is 1.93. The summed E-state index contributed by atoms with van der Waals surface area (Å²) >= 11 is 0. The fraction of sp³-hybridized carbons (Fsp3) is 0.611. The zero-order valence-corrected chi connectivity index (χ0v) is 14.5. The highest BCUT2D eigenvalue weighted by atomic mass is 16.4. The molecule has 0 radical (unpaired) electrons. The molecule has 1 saturated heterocycles. The maximum Gasteiger partial charge on any atom is 0.311 e. The molecule has 1 atom stereocenters. The first-order valence-electron chi connectivity index (χ1n) is 8.55. The number of carboxylic acids is 1. The molecule has 2 rings (SSSR count). The van der Waals surface area contributed by atoms with Crippen LogP contribution in [0.4, 0.5) is 0 Å². The van der Waals surface area contributed by atoms with Crippen molar-refractivity contribution in [1.82, 2.24) is 15.1 Å². The third-order valence-electron chi connectivity index (χ3n) is 4.70. The minimum absolute atomic E-state index is 0.0565. The Hall–Kier alpha value is -2.11. The number of piperidine rings is 1. The average molecular weight is 333 g/mol. The number of aromatic nitrogens is 2. The van der Waals surface area contributed by atoms with Crippen LogP contribution in [0.1, 0.15) is 51.5 Å². The van der Waals surface area contributed by atoms with Gasteiger partial charge in [0.2, 0.25) is 5.91 Å². The molecule has 1 aliphatic heterocycles. The van der Waals surface area contributed by atoms with Crippen LogP contribution in [0.3, 0.4) is 0 Å². The van der Waals surface area contributed by atoms with Gasteiger partial charge in [-0.05, 0) is 51.5 Å². The lowest BCUT2D eigenvalue weighted by Gasteiger charge is -2.39. The molecular formula is C18H27N3O3. The molecule has 1 aliphatic rings. The number of allylic oxidation sites excluding steroid dienone is 2. The number of aryl methyl sites for hydroxylation is 1. The number of carbonyl (C=O) groups excluding carboxylic acids is 1. The van der Waals surface area contributed by atoms with Crippen molar-refractivity contribution in [2.45, 2.75) is 52.4 Å². The van der Waals surface area contributed by atoms with Crippen LogP contribution >= 0.6 is 0 Å². The zero-order chi connectivity index (χ0) is 17.6. The molecule has 24 heavy (non-hydrogen) atoms. The Morgan fingerprint density at radius 3 is 2.88 bits per heavy atom. The molecule has 0 unspecified atom stereocenters. The first-order chi connectivity index (χ1) is 11.4. The van der Waals surface area contributed by atoms with Gasteiger partial charge in [0.15, 0.2) is 0 Å². The highest BCUT2D eigenvalue weighted by Crippen LogP contribution is 2.35. The van der Waals surface area contributed by atoms with Gasteiger partial charge >= 0.3 is 5.97 Å². The third-order valence-corrected chi connectivity index (χ3v) is 4.70. The van der Waals surface area contributed by atoms with Gasteiger partial charge in [-0.25, -0.2) is 0 Å². The molecule has 2 heterocycles. The number of hydrogen-bond donors (Lipinski definition) is 2. The molecule has 6 heteroatoms. The van der Waals surface area contributed by atoms with Gasteiger partial charge in [0.25, 0.3) is 0 Å². The van der Waals surface area contributed by atoms with Gasteiger partial charge in [-0.1, -0.05) is 11.6 Å². The lowest BCUT2D eigenvalue weighted by molar-refractivity contribution is -0.154. The van der Waals surface area contributed by atoms with Crippen molar-refractivity contribution < 1.29 is 14.7 Å². The van der Waals surface area contributed by atoms with Crippen LogP contribution in [0.25, 0.3) is 0 Å². The number of H-pyrrole nitrogens is 1. The number of aliphatic carboxylic acids is 1. The van der Waals surface area contributed by atoms with Crippen molar-refractivity contribution in [3.63, 3.8) is 0 Å². The van der Waals surface area contributed by atoms with Crippen molar-refractivity contribution in [2.75, 3.05) is 13.1 Å². The van der Waals surface area contributed by atoms with E-state index in [1.807, 2.05) is 26.1 Å². The Kier molecular flexibility index (Phi) is 6.17. The second-order valence-electron chi connectivity index (χ2n) is 6.95. The first kappa shape index (κ1) is 18.2. The molecular weight excluding hydrogens is 306 g/mol. The van der Waals surface area contributed by atoms with Gasteiger partial charge in [-0.3, -0.25) is 14.7 Å². The number of carboxylic acid groups (broad SMARTS) is 1. The van der Waals surface area contributed by atoms with Gasteiger partial charge in [0.05, 0.1) is 11.6 Å². The van der Waals surface area contributed by atoms with E-state index in [2.05, 4.69) is 10.2 Å². The molecule has 0 aliphatic carbocycles. The average Bonchev–Trinajstić information content (AvgIpc) is 3.06. The maximum atomic E-state index is 12.5. The summed E-state index contributed by atoms with van der Waals surface area (Å²) in [5, 5.41) is 16.4. The molecule has 1 amide bonds. The maximum absolute atomic E-state index is 12.5. The van der Waals surface area contributed by atoms with Crippen LogP contribution in [-0.4, -0.2) is 45.2 Å². The molecule has 2 N–H and O–H groups in total. The summed E-state index contributed by atoms with van der Waals surface area (Å²) in [6.07, 6.45) is 9.44. The SMILES string of the molecule is CC(C)=CC[C@@]1(C(=O)O)CCCN(C(=O)CCCc2cn[nH]c2)C1. The van der Waals surface area contributed by atoms with Gasteiger partial charge in [-0.2, -0.15) is 5.10 Å². The normalized spacial score (nSPS) is 20.7. The second kappa shape index (κ2) is 8.13. The Morgan fingerprint density at radius 2 is 2.25 bits per heavy atom. The highest BCUT2D eigenvalue weighted by Gasteiger charge is 2.42. The Morgan fingerprint density at radius 1 is 1.46 bits per heavy atom. The number of carbonyl (C=O) groups is 2. The van der Waals surface area contributed by atoms with E-state index in [0.29, 0.717) is 32.4 Å². The van der Waals surface area contributed by atoms with E-state index in [9.17, 15) is 14.7 Å². The number of aromatic amines is 1. The molecule has 1 aromatic rings. The summed E-state index contributed by atoms with van der Waals surface area (Å²) in [7, 11) is 0. The van der Waals surface area contributed by atoms with Crippen LogP contribution in [-0.2, 0) is 16.0 Å². The van der Waals surface area contributed by atoms with E-state index in [4.69, 9.17) is 0 Å². The summed E-state index contributed by atoms with van der Waals surface area (Å²) in [6, 6.07) is 0. The Bertz CT molecular complexity index is 591. The molecule has 0 spiro atoms. The smallest absolute Gasteiger partial charge is 0.311 e. The minimum Gasteiger partial charge on any atom is -0.481 e. The van der Waals surface area contributed by atoms with Crippen LogP contribution in [0, 0.1) is 5.41 Å². The highest BCUT2D eigenvalue weighted by molar-refractivity contribution is 5.80. The number of likely N-dealkylation sites (tertiary alicyclic amines) is 1. The largest absolute Gasteiger partial charge is 0.481 e. The molecule has 132 valence electrons. The zero-order valence-electron chi connectivity index (χ0n) is 14.5. The summed E-state index contributed by atoms with van der Waals surface area (Å²) in [5.41, 5.74) is 1.36. The van der Waals surface area contributed by atoms with E-state index in [1.165, 1.54) is 0 Å². The lowest BCUT2D eigenvalue weighted by Crippen LogP contribution is -2.49. The second-order valence-corrected chi connectivity index (χ2v) is 6.95. The summed E-state index contributed by atoms with van der Waals surface area (Å²) in [4.78, 5) is 26.1. The Labute approximate surface area is 142 Å². The van der Waals surface area contributed by atoms with E-state index in [1.54, 1.807) is 11.1 Å². The van der Waals surface area contributed by atoms with E-state index >= 15 is 0 Å². The summed E-state index contributed by atoms with van der Waals surface area (Å²) < 4.78 is 0. The predicted octanol–water partition coefficient (Wildman–Crippen LogP) is 2.78. The monoisotopic (exact) mass is 333 g/mol. The lowest BCUT2D eigenvalue weighted by atomic mass is 9.76. The minimum atomic E-state index is -0.838. The van der Waals surface area contributed by atoms with Crippen LogP contribution < -0.4 is 0 Å². The topological polar surface area (TPSA) is 86.3 Å². The van der Waals surface area contributed by atoms with Crippen molar-refractivity contribution in [3.05, 3.63) is 29.6 Å². The van der Waals surface area contributed by atoms with Crippen molar-refractivity contribution in [1.29, 1.82) is 0 Å². The van der Waals surface area contributed by atoms with E-state index < -0.39 is 11.4 Å². The number of nitrogens with one attached hydrogen (secondary N) is 1. The molecule has 1 aromatic heterocycles. The number of hydrogen-bond acceptors (Lipinski definition) is 3.